The Morgan fingerprint density at radius 2 is 1.96 bits per heavy atom. The van der Waals surface area contributed by atoms with Crippen LogP contribution in [0.25, 0.3) is 0 Å². The lowest BCUT2D eigenvalue weighted by atomic mass is 10.1. The molecule has 1 heterocycles. The third kappa shape index (κ3) is 4.67. The van der Waals surface area contributed by atoms with E-state index in [1.165, 1.54) is 0 Å². The van der Waals surface area contributed by atoms with E-state index < -0.39 is 60.4 Å². The van der Waals surface area contributed by atoms with Gasteiger partial charge in [-0.1, -0.05) is 0 Å². The van der Waals surface area contributed by atoms with E-state index in [4.69, 9.17) is 5.11 Å². The summed E-state index contributed by atoms with van der Waals surface area (Å²) in [5.74, 6) is -6.72. The largest absolute Gasteiger partial charge is 0.480 e. The van der Waals surface area contributed by atoms with E-state index in [0.29, 0.717) is 6.07 Å². The van der Waals surface area contributed by atoms with E-state index in [2.05, 4.69) is 0 Å². The Morgan fingerprint density at radius 3 is 2.50 bits per heavy atom. The molecule has 1 aliphatic rings. The first kappa shape index (κ1) is 19.6. The number of carboxylic acids is 1. The van der Waals surface area contributed by atoms with Gasteiger partial charge in [-0.25, -0.2) is 13.6 Å². The third-order valence-corrected chi connectivity index (χ3v) is 3.75. The molecule has 0 saturated carbocycles. The van der Waals surface area contributed by atoms with Crippen molar-refractivity contribution in [2.24, 2.45) is 5.92 Å². The van der Waals surface area contributed by atoms with Gasteiger partial charge in [0, 0.05) is 19.0 Å². The van der Waals surface area contributed by atoms with Crippen LogP contribution in [0.15, 0.2) is 18.2 Å². The summed E-state index contributed by atoms with van der Waals surface area (Å²) in [5, 5.41) is 10.5. The molecule has 1 saturated heterocycles. The summed E-state index contributed by atoms with van der Waals surface area (Å²) in [6.45, 7) is -0.369. The summed E-state index contributed by atoms with van der Waals surface area (Å²) in [7, 11) is 0. The van der Waals surface area contributed by atoms with Crippen LogP contribution in [0.2, 0.25) is 0 Å². The summed E-state index contributed by atoms with van der Waals surface area (Å²) in [6, 6.07) is 0.240. The minimum Gasteiger partial charge on any atom is -0.480 e. The fraction of sp³-hybridized carbons (Fsp3) is 0.400. The molecule has 26 heavy (non-hydrogen) atoms. The first-order valence-electron chi connectivity index (χ1n) is 7.33. The Morgan fingerprint density at radius 1 is 1.31 bits per heavy atom. The molecule has 0 spiro atoms. The molecule has 2 N–H and O–H groups in total. The third-order valence-electron chi connectivity index (χ3n) is 3.75. The summed E-state index contributed by atoms with van der Waals surface area (Å²) < 4.78 is 63.8. The molecule has 0 aromatic heterocycles. The molecule has 1 aromatic carbocycles. The van der Waals surface area contributed by atoms with Gasteiger partial charge in [0.05, 0.1) is 18.0 Å². The van der Waals surface area contributed by atoms with Crippen LogP contribution >= 0.6 is 0 Å². The number of hydrogen-bond acceptors (Lipinski definition) is 3. The number of aliphatic carboxylic acids is 1. The molecule has 6 nitrogen and oxygen atoms in total. The summed E-state index contributed by atoms with van der Waals surface area (Å²) >= 11 is 0. The number of benzene rings is 1. The molecule has 2 atom stereocenters. The average Bonchev–Trinajstić information content (AvgIpc) is 2.87. The van der Waals surface area contributed by atoms with Crippen LogP contribution in [0.4, 0.5) is 27.6 Å². The normalized spacial score (nSPS) is 18.7. The van der Waals surface area contributed by atoms with E-state index >= 15 is 0 Å². The number of carboxylic acid groups (broad SMARTS) is 1. The van der Waals surface area contributed by atoms with E-state index in [1.807, 2.05) is 0 Å². The number of rotatable bonds is 5. The highest BCUT2D eigenvalue weighted by atomic mass is 19.4. The molecule has 11 heteroatoms. The smallest absolute Gasteiger partial charge is 0.391 e. The fourth-order valence-electron chi connectivity index (χ4n) is 2.54. The topological polar surface area (TPSA) is 86.7 Å². The molecule has 1 aliphatic heterocycles. The van der Waals surface area contributed by atoms with Gasteiger partial charge in [-0.15, -0.1) is 0 Å². The van der Waals surface area contributed by atoms with Crippen molar-refractivity contribution in [3.63, 3.8) is 0 Å². The Balaban J connectivity index is 2.09. The van der Waals surface area contributed by atoms with Gasteiger partial charge in [0.15, 0.2) is 0 Å². The number of carbonyl (C=O) groups excluding carboxylic acids is 2. The molecule has 0 aliphatic carbocycles. The number of anilines is 1. The van der Waals surface area contributed by atoms with Gasteiger partial charge in [0.25, 0.3) is 0 Å². The van der Waals surface area contributed by atoms with Crippen LogP contribution in [0.5, 0.6) is 0 Å². The van der Waals surface area contributed by atoms with Gasteiger partial charge in [0.1, 0.15) is 17.7 Å². The molecule has 0 radical (unpaired) electrons. The van der Waals surface area contributed by atoms with Crippen LogP contribution in [-0.2, 0) is 14.4 Å². The van der Waals surface area contributed by atoms with Crippen LogP contribution in [0, 0.1) is 17.6 Å². The standard InChI is InChI=1S/C15H13F5N2O4/c16-8-1-2-11(9(17)4-8)22-6-7(3-12(22)23)13(24)21-10(14(25)26)5-15(18,19)20/h1-2,4,7,10H,3,5-6H2,(H,21,24)(H,25,26). The minimum absolute atomic E-state index is 0.281. The molecule has 1 fully saturated rings. The highest BCUT2D eigenvalue weighted by Gasteiger charge is 2.40. The zero-order chi connectivity index (χ0) is 19.6. The SMILES string of the molecule is O=C(NC(CC(F)(F)F)C(=O)O)C1CC(=O)N(c2ccc(F)cc2F)C1. The van der Waals surface area contributed by atoms with E-state index in [-0.39, 0.29) is 12.2 Å². The highest BCUT2D eigenvalue weighted by molar-refractivity contribution is 6.00. The Kier molecular flexibility index (Phi) is 5.47. The zero-order valence-corrected chi connectivity index (χ0v) is 13.0. The summed E-state index contributed by atoms with van der Waals surface area (Å²) in [6.07, 6.45) is -7.03. The van der Waals surface area contributed by atoms with Crippen molar-refractivity contribution >= 4 is 23.5 Å². The van der Waals surface area contributed by atoms with Gasteiger partial charge < -0.3 is 15.3 Å². The summed E-state index contributed by atoms with van der Waals surface area (Å²) in [5.41, 5.74) is -0.281. The van der Waals surface area contributed by atoms with Gasteiger partial charge in [-0.3, -0.25) is 9.59 Å². The maximum absolute atomic E-state index is 13.8. The van der Waals surface area contributed by atoms with Crippen molar-refractivity contribution in [1.29, 1.82) is 0 Å². The van der Waals surface area contributed by atoms with Crippen LogP contribution in [-0.4, -0.2) is 41.7 Å². The number of amides is 2. The van der Waals surface area contributed by atoms with Crippen molar-refractivity contribution in [3.8, 4) is 0 Å². The lowest BCUT2D eigenvalue weighted by Crippen LogP contribution is -2.46. The van der Waals surface area contributed by atoms with Gasteiger partial charge in [-0.05, 0) is 12.1 Å². The van der Waals surface area contributed by atoms with Gasteiger partial charge in [-0.2, -0.15) is 13.2 Å². The lowest BCUT2D eigenvalue weighted by Gasteiger charge is -2.19. The number of nitrogens with one attached hydrogen (secondary N) is 1. The minimum atomic E-state index is -4.81. The molecule has 2 rings (SSSR count). The monoisotopic (exact) mass is 380 g/mol. The van der Waals surface area contributed by atoms with Crippen molar-refractivity contribution in [2.75, 3.05) is 11.4 Å². The predicted molar refractivity (Wildman–Crippen MR) is 77.1 cm³/mol. The maximum Gasteiger partial charge on any atom is 0.391 e. The molecular formula is C15H13F5N2O4. The number of hydrogen-bond donors (Lipinski definition) is 2. The van der Waals surface area contributed by atoms with E-state index in [1.54, 1.807) is 5.32 Å². The first-order chi connectivity index (χ1) is 12.0. The molecule has 142 valence electrons. The van der Waals surface area contributed by atoms with Crippen LogP contribution in [0.1, 0.15) is 12.8 Å². The number of nitrogens with zero attached hydrogens (tertiary/aromatic N) is 1. The molecule has 2 unspecified atom stereocenters. The van der Waals surface area contributed by atoms with E-state index in [0.717, 1.165) is 17.0 Å². The van der Waals surface area contributed by atoms with Crippen LogP contribution < -0.4 is 10.2 Å². The maximum atomic E-state index is 13.8. The van der Waals surface area contributed by atoms with Gasteiger partial charge >= 0.3 is 12.1 Å². The highest BCUT2D eigenvalue weighted by Crippen LogP contribution is 2.28. The predicted octanol–water partition coefficient (Wildman–Crippen LogP) is 1.84. The Labute approximate surface area is 143 Å². The molecule has 2 amide bonds. The van der Waals surface area contributed by atoms with Gasteiger partial charge in [0.2, 0.25) is 11.8 Å². The first-order valence-corrected chi connectivity index (χ1v) is 7.33. The Bertz CT molecular complexity index is 737. The second-order valence-electron chi connectivity index (χ2n) is 5.72. The van der Waals surface area contributed by atoms with E-state index in [9.17, 15) is 36.3 Å². The molecule has 1 aromatic rings. The average molecular weight is 380 g/mol. The fourth-order valence-corrected chi connectivity index (χ4v) is 2.54. The Hall–Kier alpha value is -2.72. The lowest BCUT2D eigenvalue weighted by molar-refractivity contribution is -0.160. The molecule has 0 bridgehead atoms. The number of halogens is 5. The van der Waals surface area contributed by atoms with Crippen molar-refractivity contribution in [3.05, 3.63) is 29.8 Å². The quantitative estimate of drug-likeness (QED) is 0.764. The van der Waals surface area contributed by atoms with Crippen molar-refractivity contribution in [2.45, 2.75) is 25.1 Å². The van der Waals surface area contributed by atoms with Crippen molar-refractivity contribution < 1.29 is 41.4 Å². The number of alkyl halides is 3. The zero-order valence-electron chi connectivity index (χ0n) is 13.0. The van der Waals surface area contributed by atoms with Crippen molar-refractivity contribution in [1.82, 2.24) is 5.32 Å². The molecular weight excluding hydrogens is 367 g/mol. The second kappa shape index (κ2) is 7.26. The number of carbonyl (C=O) groups is 3. The second-order valence-corrected chi connectivity index (χ2v) is 5.72. The summed E-state index contributed by atoms with van der Waals surface area (Å²) in [4.78, 5) is 35.7. The van der Waals surface area contributed by atoms with Crippen LogP contribution in [0.3, 0.4) is 0 Å².